The number of nitrogens with one attached hydrogen (secondary N) is 1. The highest BCUT2D eigenvalue weighted by Crippen LogP contribution is 2.10. The molecule has 20 heavy (non-hydrogen) atoms. The van der Waals surface area contributed by atoms with Crippen molar-refractivity contribution in [2.24, 2.45) is 0 Å². The fraction of sp³-hybridized carbons (Fsp3) is 0.636. The van der Waals surface area contributed by atoms with Gasteiger partial charge in [-0.3, -0.25) is 9.69 Å². The number of carbonyl (C=O) groups is 1. The van der Waals surface area contributed by atoms with E-state index < -0.39 is 0 Å². The molecule has 0 spiro atoms. The molecule has 1 aliphatic heterocycles. The average Bonchev–Trinajstić information content (AvgIpc) is 2.38. The second kappa shape index (κ2) is 6.44. The van der Waals surface area contributed by atoms with Crippen molar-refractivity contribution >= 4 is 17.9 Å². The van der Waals surface area contributed by atoms with Crippen molar-refractivity contribution in [2.45, 2.75) is 19.5 Å². The standard InChI is InChI=1S/C11H19N7O2/c1-2-20-9(19)7-5-14-3-4-18(7)6-8-15-10(12)17-11(13)16-8/h7,14H,2-6H2,1H3,(H4,12,13,15,16,17). The maximum atomic E-state index is 11.9. The van der Waals surface area contributed by atoms with E-state index in [2.05, 4.69) is 20.3 Å². The zero-order valence-corrected chi connectivity index (χ0v) is 11.4. The molecule has 0 bridgehead atoms. The largest absolute Gasteiger partial charge is 0.465 e. The summed E-state index contributed by atoms with van der Waals surface area (Å²) < 4.78 is 5.07. The van der Waals surface area contributed by atoms with E-state index in [-0.39, 0.29) is 23.9 Å². The predicted octanol–water partition coefficient (Wildman–Crippen LogP) is -1.63. The molecule has 9 nitrogen and oxygen atoms in total. The number of esters is 1. The normalized spacial score (nSPS) is 19.8. The van der Waals surface area contributed by atoms with E-state index in [0.717, 1.165) is 6.54 Å². The van der Waals surface area contributed by atoms with E-state index in [1.807, 2.05) is 4.90 Å². The molecule has 0 amide bonds. The third kappa shape index (κ3) is 3.52. The number of piperazine rings is 1. The van der Waals surface area contributed by atoms with Gasteiger partial charge >= 0.3 is 5.97 Å². The van der Waals surface area contributed by atoms with Crippen LogP contribution in [0.25, 0.3) is 0 Å². The third-order valence-corrected chi connectivity index (χ3v) is 2.97. The maximum absolute atomic E-state index is 11.9. The molecule has 2 heterocycles. The number of anilines is 2. The van der Waals surface area contributed by atoms with Gasteiger partial charge in [0.15, 0.2) is 0 Å². The van der Waals surface area contributed by atoms with E-state index in [9.17, 15) is 4.79 Å². The van der Waals surface area contributed by atoms with Crippen molar-refractivity contribution in [3.05, 3.63) is 5.82 Å². The maximum Gasteiger partial charge on any atom is 0.324 e. The Morgan fingerprint density at radius 2 is 2.10 bits per heavy atom. The number of nitrogen functional groups attached to an aromatic ring is 2. The number of ether oxygens (including phenoxy) is 1. The third-order valence-electron chi connectivity index (χ3n) is 2.97. The van der Waals surface area contributed by atoms with Gasteiger partial charge in [-0.1, -0.05) is 0 Å². The van der Waals surface area contributed by atoms with Gasteiger partial charge in [0.25, 0.3) is 0 Å². The number of aromatic nitrogens is 3. The molecule has 1 aromatic rings. The van der Waals surface area contributed by atoms with Crippen molar-refractivity contribution in [3.63, 3.8) is 0 Å². The van der Waals surface area contributed by atoms with Crippen LogP contribution in [0.2, 0.25) is 0 Å². The zero-order valence-electron chi connectivity index (χ0n) is 11.4. The van der Waals surface area contributed by atoms with E-state index in [0.29, 0.717) is 32.1 Å². The van der Waals surface area contributed by atoms with Crippen LogP contribution in [0.5, 0.6) is 0 Å². The quantitative estimate of drug-likeness (QED) is 0.556. The summed E-state index contributed by atoms with van der Waals surface area (Å²) in [5.74, 6) is 0.353. The first kappa shape index (κ1) is 14.4. The first-order chi connectivity index (χ1) is 9.60. The van der Waals surface area contributed by atoms with Gasteiger partial charge in [-0.15, -0.1) is 0 Å². The van der Waals surface area contributed by atoms with Gasteiger partial charge in [-0.05, 0) is 6.92 Å². The van der Waals surface area contributed by atoms with Gasteiger partial charge in [0.2, 0.25) is 11.9 Å². The molecule has 1 atom stereocenters. The zero-order chi connectivity index (χ0) is 14.5. The summed E-state index contributed by atoms with van der Waals surface area (Å²) in [6.07, 6.45) is 0. The Labute approximate surface area is 116 Å². The summed E-state index contributed by atoms with van der Waals surface area (Å²) in [5.41, 5.74) is 11.1. The van der Waals surface area contributed by atoms with Crippen molar-refractivity contribution in [3.8, 4) is 0 Å². The first-order valence-electron chi connectivity index (χ1n) is 6.47. The fourth-order valence-electron chi connectivity index (χ4n) is 2.12. The van der Waals surface area contributed by atoms with E-state index in [1.54, 1.807) is 6.92 Å². The lowest BCUT2D eigenvalue weighted by atomic mass is 10.2. The van der Waals surface area contributed by atoms with Crippen LogP contribution in [-0.2, 0) is 16.1 Å². The number of carbonyl (C=O) groups excluding carboxylic acids is 1. The lowest BCUT2D eigenvalue weighted by Gasteiger charge is -2.33. The van der Waals surface area contributed by atoms with Gasteiger partial charge < -0.3 is 21.5 Å². The lowest BCUT2D eigenvalue weighted by Crippen LogP contribution is -2.55. The summed E-state index contributed by atoms with van der Waals surface area (Å²) in [6.45, 7) is 4.53. The molecule has 0 saturated carbocycles. The minimum atomic E-state index is -0.358. The molecule has 1 unspecified atom stereocenters. The van der Waals surface area contributed by atoms with Crippen LogP contribution in [0.15, 0.2) is 0 Å². The van der Waals surface area contributed by atoms with Crippen LogP contribution in [0, 0.1) is 0 Å². The van der Waals surface area contributed by atoms with Gasteiger partial charge in [0.05, 0.1) is 13.2 Å². The Hall–Kier alpha value is -2.00. The molecule has 1 saturated heterocycles. The van der Waals surface area contributed by atoms with Crippen LogP contribution < -0.4 is 16.8 Å². The Kier molecular flexibility index (Phi) is 4.64. The average molecular weight is 281 g/mol. The lowest BCUT2D eigenvalue weighted by molar-refractivity contribution is -0.150. The highest BCUT2D eigenvalue weighted by molar-refractivity contribution is 5.76. The van der Waals surface area contributed by atoms with E-state index in [4.69, 9.17) is 16.2 Å². The molecule has 110 valence electrons. The van der Waals surface area contributed by atoms with Gasteiger partial charge in [-0.2, -0.15) is 15.0 Å². The minimum absolute atomic E-state index is 0.0790. The molecule has 1 aliphatic rings. The van der Waals surface area contributed by atoms with Crippen LogP contribution in [0.4, 0.5) is 11.9 Å². The molecule has 9 heteroatoms. The number of rotatable bonds is 4. The Balaban J connectivity index is 2.10. The van der Waals surface area contributed by atoms with E-state index >= 15 is 0 Å². The van der Waals surface area contributed by atoms with Gasteiger partial charge in [0.1, 0.15) is 11.9 Å². The predicted molar refractivity (Wildman–Crippen MR) is 72.4 cm³/mol. The number of hydrogen-bond acceptors (Lipinski definition) is 9. The van der Waals surface area contributed by atoms with Crippen molar-refractivity contribution < 1.29 is 9.53 Å². The summed E-state index contributed by atoms with van der Waals surface area (Å²) in [6, 6.07) is -0.358. The molecule has 1 fully saturated rings. The number of nitrogens with zero attached hydrogens (tertiary/aromatic N) is 4. The molecular weight excluding hydrogens is 262 g/mol. The summed E-state index contributed by atoms with van der Waals surface area (Å²) in [7, 11) is 0. The van der Waals surface area contributed by atoms with Gasteiger partial charge in [-0.25, -0.2) is 0 Å². The molecule has 5 N–H and O–H groups in total. The number of hydrogen-bond donors (Lipinski definition) is 3. The monoisotopic (exact) mass is 281 g/mol. The van der Waals surface area contributed by atoms with Crippen LogP contribution in [0.3, 0.4) is 0 Å². The van der Waals surface area contributed by atoms with Crippen LogP contribution in [0.1, 0.15) is 12.7 Å². The van der Waals surface area contributed by atoms with Crippen molar-refractivity contribution in [2.75, 3.05) is 37.7 Å². The van der Waals surface area contributed by atoms with Crippen LogP contribution >= 0.6 is 0 Å². The van der Waals surface area contributed by atoms with Crippen molar-refractivity contribution in [1.29, 1.82) is 0 Å². The molecule has 1 aromatic heterocycles. The summed E-state index contributed by atoms with van der Waals surface area (Å²) >= 11 is 0. The first-order valence-corrected chi connectivity index (χ1v) is 6.47. The molecule has 0 radical (unpaired) electrons. The molecule has 2 rings (SSSR count). The second-order valence-corrected chi connectivity index (χ2v) is 4.41. The highest BCUT2D eigenvalue weighted by atomic mass is 16.5. The summed E-state index contributed by atoms with van der Waals surface area (Å²) in [5, 5.41) is 3.17. The topological polar surface area (TPSA) is 132 Å². The molecular formula is C11H19N7O2. The Morgan fingerprint density at radius 1 is 1.40 bits per heavy atom. The fourth-order valence-corrected chi connectivity index (χ4v) is 2.12. The SMILES string of the molecule is CCOC(=O)C1CNCCN1Cc1nc(N)nc(N)n1. The molecule has 0 aliphatic carbocycles. The Bertz CT molecular complexity index is 462. The summed E-state index contributed by atoms with van der Waals surface area (Å²) in [4.78, 5) is 25.7. The smallest absolute Gasteiger partial charge is 0.324 e. The second-order valence-electron chi connectivity index (χ2n) is 4.41. The van der Waals surface area contributed by atoms with Crippen LogP contribution in [-0.4, -0.2) is 58.1 Å². The Morgan fingerprint density at radius 3 is 2.75 bits per heavy atom. The highest BCUT2D eigenvalue weighted by Gasteiger charge is 2.30. The molecule has 0 aromatic carbocycles. The minimum Gasteiger partial charge on any atom is -0.465 e. The number of nitrogens with two attached hydrogens (primary N) is 2. The van der Waals surface area contributed by atoms with Crippen molar-refractivity contribution in [1.82, 2.24) is 25.2 Å². The van der Waals surface area contributed by atoms with Gasteiger partial charge in [0, 0.05) is 19.6 Å². The van der Waals surface area contributed by atoms with E-state index in [1.165, 1.54) is 0 Å².